The molecular formula is C17H35NO3. The highest BCUT2D eigenvalue weighted by atomic mass is 16.5. The fourth-order valence-electron chi connectivity index (χ4n) is 2.54. The van der Waals surface area contributed by atoms with Crippen molar-refractivity contribution in [2.24, 2.45) is 11.8 Å². The second-order valence-electron chi connectivity index (χ2n) is 6.87. The second kappa shape index (κ2) is 11.4. The van der Waals surface area contributed by atoms with Crippen LogP contribution in [0, 0.1) is 11.8 Å². The van der Waals surface area contributed by atoms with Crippen LogP contribution in [0.1, 0.15) is 52.9 Å². The lowest BCUT2D eigenvalue weighted by atomic mass is 9.89. The normalized spacial score (nSPS) is 24.4. The van der Waals surface area contributed by atoms with E-state index >= 15 is 0 Å². The molecule has 0 radical (unpaired) electrons. The highest BCUT2D eigenvalue weighted by Crippen LogP contribution is 2.25. The first kappa shape index (κ1) is 18.9. The Morgan fingerprint density at radius 1 is 1.14 bits per heavy atom. The van der Waals surface area contributed by atoms with E-state index in [2.05, 4.69) is 26.1 Å². The van der Waals surface area contributed by atoms with E-state index in [1.807, 2.05) is 0 Å². The Bertz CT molecular complexity index is 240. The maximum Gasteiger partial charge on any atom is 0.0897 e. The van der Waals surface area contributed by atoms with Crippen LogP contribution >= 0.6 is 0 Å². The van der Waals surface area contributed by atoms with E-state index in [1.54, 1.807) is 0 Å². The van der Waals surface area contributed by atoms with E-state index in [9.17, 15) is 5.11 Å². The van der Waals surface area contributed by atoms with Gasteiger partial charge in [-0.25, -0.2) is 0 Å². The molecule has 1 rings (SSSR count). The number of hydrogen-bond donors (Lipinski definition) is 2. The zero-order valence-electron chi connectivity index (χ0n) is 14.1. The van der Waals surface area contributed by atoms with Crippen molar-refractivity contribution in [3.05, 3.63) is 0 Å². The van der Waals surface area contributed by atoms with E-state index in [1.165, 1.54) is 12.8 Å². The molecule has 4 heteroatoms. The first-order valence-electron chi connectivity index (χ1n) is 8.66. The standard InChI is InChI=1S/C17H35NO3/c1-14(2)8-10-20-11-9-18-12-16(19)13-21-17-6-4-15(3)5-7-17/h14-19H,4-13H2,1-3H3. The minimum atomic E-state index is -0.417. The number of aliphatic hydroxyl groups excluding tert-OH is 1. The van der Waals surface area contributed by atoms with Crippen molar-refractivity contribution in [1.29, 1.82) is 0 Å². The van der Waals surface area contributed by atoms with E-state index in [0.717, 1.165) is 38.3 Å². The summed E-state index contributed by atoms with van der Waals surface area (Å²) in [5, 5.41) is 13.1. The molecule has 0 aromatic rings. The summed E-state index contributed by atoms with van der Waals surface area (Å²) in [6.45, 7) is 10.0. The Morgan fingerprint density at radius 2 is 1.86 bits per heavy atom. The summed E-state index contributed by atoms with van der Waals surface area (Å²) < 4.78 is 11.3. The Hall–Kier alpha value is -0.160. The summed E-state index contributed by atoms with van der Waals surface area (Å²) in [5.41, 5.74) is 0. The fourth-order valence-corrected chi connectivity index (χ4v) is 2.54. The summed E-state index contributed by atoms with van der Waals surface area (Å²) >= 11 is 0. The van der Waals surface area contributed by atoms with Crippen molar-refractivity contribution >= 4 is 0 Å². The molecule has 2 N–H and O–H groups in total. The third kappa shape index (κ3) is 10.2. The third-order valence-corrected chi connectivity index (χ3v) is 4.13. The molecule has 21 heavy (non-hydrogen) atoms. The largest absolute Gasteiger partial charge is 0.389 e. The van der Waals surface area contributed by atoms with Crippen molar-refractivity contribution < 1.29 is 14.6 Å². The van der Waals surface area contributed by atoms with Crippen LogP contribution in [-0.2, 0) is 9.47 Å². The lowest BCUT2D eigenvalue weighted by molar-refractivity contribution is -0.0281. The Kier molecular flexibility index (Phi) is 10.3. The van der Waals surface area contributed by atoms with Gasteiger partial charge in [-0.3, -0.25) is 0 Å². The van der Waals surface area contributed by atoms with Gasteiger partial charge < -0.3 is 19.9 Å². The van der Waals surface area contributed by atoms with Gasteiger partial charge in [0, 0.05) is 19.7 Å². The topological polar surface area (TPSA) is 50.7 Å². The number of ether oxygens (including phenoxy) is 2. The van der Waals surface area contributed by atoms with Crippen molar-refractivity contribution in [3.63, 3.8) is 0 Å². The van der Waals surface area contributed by atoms with Gasteiger partial charge in [0.2, 0.25) is 0 Å². The number of nitrogens with one attached hydrogen (secondary N) is 1. The maximum atomic E-state index is 9.88. The summed E-state index contributed by atoms with van der Waals surface area (Å²) in [5.74, 6) is 1.53. The van der Waals surface area contributed by atoms with Crippen LogP contribution in [0.3, 0.4) is 0 Å². The zero-order chi connectivity index (χ0) is 15.5. The van der Waals surface area contributed by atoms with Gasteiger partial charge >= 0.3 is 0 Å². The van der Waals surface area contributed by atoms with Gasteiger partial charge in [-0.15, -0.1) is 0 Å². The molecule has 0 bridgehead atoms. The smallest absolute Gasteiger partial charge is 0.0897 e. The predicted octanol–water partition coefficient (Wildman–Crippen LogP) is 2.59. The van der Waals surface area contributed by atoms with Crippen LogP contribution in [0.5, 0.6) is 0 Å². The summed E-state index contributed by atoms with van der Waals surface area (Å²) in [7, 11) is 0. The minimum absolute atomic E-state index is 0.357. The zero-order valence-corrected chi connectivity index (χ0v) is 14.1. The summed E-state index contributed by atoms with van der Waals surface area (Å²) in [6.07, 6.45) is 5.85. The molecule has 1 aliphatic carbocycles. The third-order valence-electron chi connectivity index (χ3n) is 4.13. The maximum absolute atomic E-state index is 9.88. The molecule has 1 aliphatic rings. The number of aliphatic hydroxyl groups is 1. The minimum Gasteiger partial charge on any atom is -0.389 e. The molecule has 0 aromatic carbocycles. The molecule has 1 unspecified atom stereocenters. The summed E-state index contributed by atoms with van der Waals surface area (Å²) in [4.78, 5) is 0. The summed E-state index contributed by atoms with van der Waals surface area (Å²) in [6, 6.07) is 0. The number of hydrogen-bond acceptors (Lipinski definition) is 4. The quantitative estimate of drug-likeness (QED) is 0.576. The molecule has 0 heterocycles. The average molecular weight is 301 g/mol. The van der Waals surface area contributed by atoms with E-state index in [-0.39, 0.29) is 0 Å². The molecule has 1 fully saturated rings. The SMILES string of the molecule is CC(C)CCOCCNCC(O)COC1CCC(C)CC1. The Labute approximate surface area is 130 Å². The molecule has 1 saturated carbocycles. The molecule has 0 spiro atoms. The van der Waals surface area contributed by atoms with E-state index in [4.69, 9.17) is 9.47 Å². The average Bonchev–Trinajstić information content (AvgIpc) is 2.45. The van der Waals surface area contributed by atoms with E-state index in [0.29, 0.717) is 31.8 Å². The van der Waals surface area contributed by atoms with Gasteiger partial charge in [-0.1, -0.05) is 20.8 Å². The molecule has 4 nitrogen and oxygen atoms in total. The van der Waals surface area contributed by atoms with Gasteiger partial charge in [-0.2, -0.15) is 0 Å². The molecule has 0 aliphatic heterocycles. The first-order chi connectivity index (χ1) is 10.1. The van der Waals surface area contributed by atoms with Crippen LogP contribution in [-0.4, -0.2) is 50.2 Å². The van der Waals surface area contributed by atoms with Crippen LogP contribution in [0.4, 0.5) is 0 Å². The van der Waals surface area contributed by atoms with Crippen LogP contribution < -0.4 is 5.32 Å². The number of rotatable bonds is 11. The molecule has 0 amide bonds. The van der Waals surface area contributed by atoms with Crippen LogP contribution in [0.2, 0.25) is 0 Å². The second-order valence-corrected chi connectivity index (χ2v) is 6.87. The van der Waals surface area contributed by atoms with Crippen molar-refractivity contribution in [2.75, 3.05) is 32.9 Å². The highest BCUT2D eigenvalue weighted by molar-refractivity contribution is 4.71. The fraction of sp³-hybridized carbons (Fsp3) is 1.00. The molecule has 1 atom stereocenters. The van der Waals surface area contributed by atoms with Gasteiger partial charge in [0.25, 0.3) is 0 Å². The highest BCUT2D eigenvalue weighted by Gasteiger charge is 2.19. The first-order valence-corrected chi connectivity index (χ1v) is 8.66. The lowest BCUT2D eigenvalue weighted by Crippen LogP contribution is -2.34. The molecule has 126 valence electrons. The van der Waals surface area contributed by atoms with E-state index < -0.39 is 6.10 Å². The predicted molar refractivity (Wildman–Crippen MR) is 86.5 cm³/mol. The Morgan fingerprint density at radius 3 is 2.52 bits per heavy atom. The van der Waals surface area contributed by atoms with Crippen molar-refractivity contribution in [3.8, 4) is 0 Å². The van der Waals surface area contributed by atoms with Gasteiger partial charge in [0.05, 0.1) is 25.4 Å². The lowest BCUT2D eigenvalue weighted by Gasteiger charge is -2.27. The van der Waals surface area contributed by atoms with Gasteiger partial charge in [-0.05, 0) is 43.9 Å². The Balaban J connectivity index is 1.88. The van der Waals surface area contributed by atoms with Crippen LogP contribution in [0.15, 0.2) is 0 Å². The molecular weight excluding hydrogens is 266 g/mol. The monoisotopic (exact) mass is 301 g/mol. The van der Waals surface area contributed by atoms with Crippen molar-refractivity contribution in [1.82, 2.24) is 5.32 Å². The van der Waals surface area contributed by atoms with Gasteiger partial charge in [0.1, 0.15) is 0 Å². The molecule has 0 aromatic heterocycles. The molecule has 0 saturated heterocycles. The van der Waals surface area contributed by atoms with Gasteiger partial charge in [0.15, 0.2) is 0 Å². The van der Waals surface area contributed by atoms with Crippen molar-refractivity contribution in [2.45, 2.75) is 65.1 Å². The van der Waals surface area contributed by atoms with Crippen LogP contribution in [0.25, 0.3) is 0 Å².